The number of oxazole rings is 1. The smallest absolute Gasteiger partial charge is 0.274 e. The fourth-order valence-corrected chi connectivity index (χ4v) is 6.38. The van der Waals surface area contributed by atoms with Crippen LogP contribution in [0.2, 0.25) is 0 Å². The molecular formula is C20H23FN3O5S3+. The molecule has 0 aliphatic carbocycles. The first-order chi connectivity index (χ1) is 15.1. The van der Waals surface area contributed by atoms with Gasteiger partial charge >= 0.3 is 0 Å². The normalized spacial score (nSPS) is 16.6. The summed E-state index contributed by atoms with van der Waals surface area (Å²) >= 11 is 5.34. The molecular weight excluding hydrogens is 477 g/mol. The Labute approximate surface area is 190 Å². The van der Waals surface area contributed by atoms with E-state index in [4.69, 9.17) is 16.6 Å². The minimum absolute atomic E-state index is 0.00983. The van der Waals surface area contributed by atoms with Gasteiger partial charge in [-0.25, -0.2) is 21.2 Å². The number of hydrogen-bond donors (Lipinski definition) is 1. The van der Waals surface area contributed by atoms with E-state index in [-0.39, 0.29) is 33.5 Å². The second kappa shape index (κ2) is 8.67. The van der Waals surface area contributed by atoms with Gasteiger partial charge in [0, 0.05) is 0 Å². The largest absolute Gasteiger partial charge is 0.429 e. The predicted octanol–water partition coefficient (Wildman–Crippen LogP) is 1.44. The maximum atomic E-state index is 13.5. The molecule has 172 valence electrons. The molecule has 0 unspecified atom stereocenters. The van der Waals surface area contributed by atoms with Gasteiger partial charge in [0.1, 0.15) is 5.82 Å². The first kappa shape index (κ1) is 23.1. The fourth-order valence-electron chi connectivity index (χ4n) is 3.75. The molecule has 8 nitrogen and oxygen atoms in total. The Morgan fingerprint density at radius 3 is 2.44 bits per heavy atom. The Bertz CT molecular complexity index is 1420. The number of piperazine rings is 1. The molecule has 4 rings (SSSR count). The summed E-state index contributed by atoms with van der Waals surface area (Å²) in [5.74, 6) is -0.606. The molecule has 0 saturated carbocycles. The van der Waals surface area contributed by atoms with Crippen molar-refractivity contribution < 1.29 is 30.5 Å². The maximum Gasteiger partial charge on any atom is 0.274 e. The molecule has 1 aromatic heterocycles. The van der Waals surface area contributed by atoms with Crippen LogP contribution in [0.15, 0.2) is 56.7 Å². The first-order valence-corrected chi connectivity index (χ1v) is 13.6. The lowest BCUT2D eigenvalue weighted by molar-refractivity contribution is -0.926. The highest BCUT2D eigenvalue weighted by atomic mass is 32.2. The van der Waals surface area contributed by atoms with E-state index in [9.17, 15) is 21.2 Å². The Morgan fingerprint density at radius 1 is 1.06 bits per heavy atom. The van der Waals surface area contributed by atoms with Gasteiger partial charge in [-0.05, 0) is 48.6 Å². The number of halogens is 1. The summed E-state index contributed by atoms with van der Waals surface area (Å²) in [6.07, 6.45) is 0. The van der Waals surface area contributed by atoms with Crippen molar-refractivity contribution in [3.05, 3.63) is 53.1 Å². The zero-order chi connectivity index (χ0) is 23.1. The van der Waals surface area contributed by atoms with Crippen molar-refractivity contribution >= 4 is 43.2 Å². The van der Waals surface area contributed by atoms with Crippen LogP contribution in [0.1, 0.15) is 6.92 Å². The van der Waals surface area contributed by atoms with Gasteiger partial charge in [-0.1, -0.05) is 13.0 Å². The van der Waals surface area contributed by atoms with Gasteiger partial charge in [-0.15, -0.1) is 0 Å². The van der Waals surface area contributed by atoms with E-state index in [0.29, 0.717) is 30.9 Å². The third kappa shape index (κ3) is 4.37. The fraction of sp³-hybridized carbons (Fsp3) is 0.350. The zero-order valence-corrected chi connectivity index (χ0v) is 19.8. The number of rotatable bonds is 6. The number of nitrogens with zero attached hydrogens (tertiary/aromatic N) is 2. The van der Waals surface area contributed by atoms with Gasteiger partial charge in [-0.2, -0.15) is 4.31 Å². The molecule has 1 aliphatic heterocycles. The van der Waals surface area contributed by atoms with Gasteiger partial charge in [-0.3, -0.25) is 4.57 Å². The molecule has 0 atom stereocenters. The van der Waals surface area contributed by atoms with Crippen LogP contribution in [0.3, 0.4) is 0 Å². The van der Waals surface area contributed by atoms with E-state index in [1.54, 1.807) is 23.6 Å². The van der Waals surface area contributed by atoms with Crippen molar-refractivity contribution in [2.45, 2.75) is 23.4 Å². The lowest BCUT2D eigenvalue weighted by atomic mass is 10.3. The van der Waals surface area contributed by atoms with Crippen LogP contribution < -0.4 is 4.90 Å². The average Bonchev–Trinajstić information content (AvgIpc) is 3.08. The number of hydrogen-bond acceptors (Lipinski definition) is 6. The summed E-state index contributed by atoms with van der Waals surface area (Å²) in [6.45, 7) is 3.56. The van der Waals surface area contributed by atoms with E-state index < -0.39 is 25.7 Å². The molecule has 0 spiro atoms. The molecule has 2 heterocycles. The van der Waals surface area contributed by atoms with E-state index in [1.165, 1.54) is 28.6 Å². The molecule has 0 bridgehead atoms. The van der Waals surface area contributed by atoms with Crippen molar-refractivity contribution in [1.29, 1.82) is 0 Å². The molecule has 1 N–H and O–H groups in total. The van der Waals surface area contributed by atoms with Crippen LogP contribution in [0.25, 0.3) is 11.1 Å². The van der Waals surface area contributed by atoms with Crippen LogP contribution in [0.4, 0.5) is 4.39 Å². The Balaban J connectivity index is 1.53. The molecule has 1 fully saturated rings. The second-order valence-electron chi connectivity index (χ2n) is 7.60. The maximum absolute atomic E-state index is 13.5. The predicted molar refractivity (Wildman–Crippen MR) is 119 cm³/mol. The number of benzene rings is 2. The topological polar surface area (TPSA) is 94.0 Å². The Morgan fingerprint density at radius 2 is 1.78 bits per heavy atom. The average molecular weight is 501 g/mol. The number of sulfonamides is 1. The third-order valence-corrected chi connectivity index (χ3v) is 9.55. The van der Waals surface area contributed by atoms with Crippen LogP contribution >= 0.6 is 12.2 Å². The van der Waals surface area contributed by atoms with Crippen LogP contribution in [0.5, 0.6) is 0 Å². The van der Waals surface area contributed by atoms with Gasteiger partial charge in [0.05, 0.1) is 47.2 Å². The minimum Gasteiger partial charge on any atom is -0.429 e. The van der Waals surface area contributed by atoms with Crippen LogP contribution in [-0.2, 0) is 26.5 Å². The number of fused-ring (bicyclic) bond motifs is 1. The molecule has 2 aromatic carbocycles. The lowest BCUT2D eigenvalue weighted by Gasteiger charge is -2.31. The van der Waals surface area contributed by atoms with E-state index in [0.717, 1.165) is 11.0 Å². The second-order valence-corrected chi connectivity index (χ2v) is 12.2. The monoisotopic (exact) mass is 500 g/mol. The highest BCUT2D eigenvalue weighted by Gasteiger charge is 2.31. The van der Waals surface area contributed by atoms with E-state index in [1.807, 2.05) is 0 Å². The number of aromatic nitrogens is 1. The molecule has 32 heavy (non-hydrogen) atoms. The Hall–Kier alpha value is -2.12. The van der Waals surface area contributed by atoms with E-state index >= 15 is 0 Å². The number of nitrogens with one attached hydrogen (secondary N) is 1. The lowest BCUT2D eigenvalue weighted by Crippen LogP contribution is -3.14. The van der Waals surface area contributed by atoms with E-state index in [2.05, 4.69) is 0 Å². The van der Waals surface area contributed by atoms with Crippen molar-refractivity contribution in [2.24, 2.45) is 0 Å². The standard InChI is InChI=1S/C20H22FN3O5S3/c1-2-31(25,26)16-6-7-19-18(13-16)24(20(30)29-19)14-22-8-10-23(11-9-22)32(27,28)17-5-3-4-15(21)12-17/h3-7,12-13H,2,8-11,14H2,1H3/p+1. The third-order valence-electron chi connectivity index (χ3n) is 5.62. The van der Waals surface area contributed by atoms with Crippen molar-refractivity contribution in [3.8, 4) is 0 Å². The molecule has 1 saturated heterocycles. The summed E-state index contributed by atoms with van der Waals surface area (Å²) in [5, 5.41) is 0. The molecule has 0 amide bonds. The van der Waals surface area contributed by atoms with Gasteiger partial charge in [0.2, 0.25) is 10.0 Å². The highest BCUT2D eigenvalue weighted by molar-refractivity contribution is 7.91. The van der Waals surface area contributed by atoms with Crippen molar-refractivity contribution in [2.75, 3.05) is 31.9 Å². The quantitative estimate of drug-likeness (QED) is 0.515. The molecule has 3 aromatic rings. The van der Waals surface area contributed by atoms with Gasteiger partial charge in [0.15, 0.2) is 22.1 Å². The number of sulfone groups is 1. The number of quaternary nitrogens is 1. The molecule has 1 aliphatic rings. The minimum atomic E-state index is -3.77. The SMILES string of the molecule is CCS(=O)(=O)c1ccc2oc(=S)n(C[NH+]3CCN(S(=O)(=O)c4cccc(F)c4)CC3)c2c1. The zero-order valence-electron chi connectivity index (χ0n) is 17.3. The highest BCUT2D eigenvalue weighted by Crippen LogP contribution is 2.22. The summed E-state index contributed by atoms with van der Waals surface area (Å²) in [5.41, 5.74) is 1.09. The van der Waals surface area contributed by atoms with Crippen LogP contribution in [0, 0.1) is 10.7 Å². The summed E-state index contributed by atoms with van der Waals surface area (Å²) in [4.78, 5) is 1.44. The van der Waals surface area contributed by atoms with Gasteiger partial charge in [0.25, 0.3) is 4.84 Å². The summed E-state index contributed by atoms with van der Waals surface area (Å²) in [6, 6.07) is 9.66. The summed E-state index contributed by atoms with van der Waals surface area (Å²) in [7, 11) is -7.15. The summed E-state index contributed by atoms with van der Waals surface area (Å²) < 4.78 is 72.3. The molecule has 0 radical (unpaired) electrons. The van der Waals surface area contributed by atoms with Crippen molar-refractivity contribution in [3.63, 3.8) is 0 Å². The first-order valence-electron chi connectivity index (χ1n) is 10.1. The van der Waals surface area contributed by atoms with Gasteiger partial charge < -0.3 is 9.32 Å². The molecule has 12 heteroatoms. The van der Waals surface area contributed by atoms with Crippen LogP contribution in [-0.4, -0.2) is 57.6 Å². The van der Waals surface area contributed by atoms with Crippen molar-refractivity contribution in [1.82, 2.24) is 8.87 Å². The Kier molecular flexibility index (Phi) is 6.25.